The van der Waals surface area contributed by atoms with Crippen molar-refractivity contribution in [2.75, 3.05) is 14.2 Å². The number of aromatic nitrogens is 2. The van der Waals surface area contributed by atoms with Crippen LogP contribution in [0, 0.1) is 0 Å². The molecule has 0 bridgehead atoms. The van der Waals surface area contributed by atoms with Crippen molar-refractivity contribution < 1.29 is 9.47 Å². The summed E-state index contributed by atoms with van der Waals surface area (Å²) in [5, 5.41) is 5.48. The lowest BCUT2D eigenvalue weighted by Crippen LogP contribution is -1.89. The Morgan fingerprint density at radius 2 is 1.53 bits per heavy atom. The van der Waals surface area contributed by atoms with Gasteiger partial charge in [0.2, 0.25) is 0 Å². The van der Waals surface area contributed by atoms with E-state index in [0.29, 0.717) is 10.0 Å². The van der Waals surface area contributed by atoms with Gasteiger partial charge in [-0.2, -0.15) is 0 Å². The number of H-pyrrole nitrogens is 1. The first-order valence-corrected chi connectivity index (χ1v) is 11.5. The minimum Gasteiger partial charge on any atom is -0.497 e. The second kappa shape index (κ2) is 7.27. The van der Waals surface area contributed by atoms with Crippen molar-refractivity contribution in [1.29, 1.82) is 0 Å². The summed E-state index contributed by atoms with van der Waals surface area (Å²) in [6.07, 6.45) is 0. The van der Waals surface area contributed by atoms with Gasteiger partial charge in [-0.3, -0.25) is 0 Å². The molecule has 4 nitrogen and oxygen atoms in total. The van der Waals surface area contributed by atoms with E-state index in [1.807, 2.05) is 54.6 Å². The summed E-state index contributed by atoms with van der Waals surface area (Å²) in [6.45, 7) is 0. The molecule has 158 valence electrons. The lowest BCUT2D eigenvalue weighted by Gasteiger charge is -2.11. The number of hydrogen-bond acceptors (Lipinski definition) is 4. The van der Waals surface area contributed by atoms with E-state index in [9.17, 15) is 0 Å². The molecule has 0 radical (unpaired) electrons. The van der Waals surface area contributed by atoms with Gasteiger partial charge in [0.25, 0.3) is 0 Å². The van der Waals surface area contributed by atoms with Crippen molar-refractivity contribution in [2.45, 2.75) is 0 Å². The normalized spacial score (nSPS) is 11.8. The van der Waals surface area contributed by atoms with Crippen molar-refractivity contribution in [3.05, 3.63) is 64.6 Å². The molecule has 2 aliphatic rings. The van der Waals surface area contributed by atoms with E-state index in [1.165, 1.54) is 0 Å². The summed E-state index contributed by atoms with van der Waals surface area (Å²) in [5.74, 6) is 1.45. The van der Waals surface area contributed by atoms with Crippen LogP contribution >= 0.6 is 34.5 Å². The van der Waals surface area contributed by atoms with Gasteiger partial charge in [0.05, 0.1) is 25.3 Å². The molecule has 0 aliphatic carbocycles. The molecule has 2 aliphatic heterocycles. The lowest BCUT2D eigenvalue weighted by molar-refractivity contribution is 0.394. The molecular formula is C25H16Cl2N2O2S. The number of ether oxygens (including phenoxy) is 2. The number of benzene rings is 3. The fraction of sp³-hybridized carbons (Fsp3) is 0.0800. The summed E-state index contributed by atoms with van der Waals surface area (Å²) >= 11 is 14.4. The van der Waals surface area contributed by atoms with Crippen LogP contribution in [0.15, 0.2) is 54.6 Å². The standard InChI is InChI=1S/C25H16Cl2N2O2S/c1-30-15-7-12(8-16(11-15)31-2)24-21-17-9-13(26)3-5-19(17)28-23(21)22-18-10-14(27)4-6-20(18)29-25(22)32-24/h3-11,28H,1-2H3. The van der Waals surface area contributed by atoms with Gasteiger partial charge in [0, 0.05) is 48.2 Å². The highest BCUT2D eigenvalue weighted by Gasteiger charge is 2.24. The molecule has 4 aromatic rings. The molecule has 3 heterocycles. The molecule has 0 saturated carbocycles. The molecule has 0 spiro atoms. The predicted octanol–water partition coefficient (Wildman–Crippen LogP) is 8.03. The van der Waals surface area contributed by atoms with E-state index in [0.717, 1.165) is 65.2 Å². The molecule has 7 heteroatoms. The fourth-order valence-corrected chi connectivity index (χ4v) is 5.82. The molecule has 0 unspecified atom stereocenters. The van der Waals surface area contributed by atoms with Crippen molar-refractivity contribution >= 4 is 67.2 Å². The third-order valence-corrected chi connectivity index (χ3v) is 7.32. The largest absolute Gasteiger partial charge is 0.497 e. The second-order valence-electron chi connectivity index (χ2n) is 7.55. The maximum absolute atomic E-state index is 6.40. The van der Waals surface area contributed by atoms with E-state index >= 15 is 0 Å². The Balaban J connectivity index is 1.83. The number of nitrogens with one attached hydrogen (secondary N) is 1. The second-order valence-corrected chi connectivity index (χ2v) is 9.42. The lowest BCUT2D eigenvalue weighted by atomic mass is 10.0. The monoisotopic (exact) mass is 478 g/mol. The maximum atomic E-state index is 6.40. The predicted molar refractivity (Wildman–Crippen MR) is 134 cm³/mol. The van der Waals surface area contributed by atoms with Gasteiger partial charge in [0.15, 0.2) is 0 Å². The average molecular weight is 479 g/mol. The van der Waals surface area contributed by atoms with Crippen LogP contribution in [0.5, 0.6) is 11.5 Å². The zero-order valence-corrected chi connectivity index (χ0v) is 19.5. The summed E-state index contributed by atoms with van der Waals surface area (Å²) in [4.78, 5) is 9.59. The van der Waals surface area contributed by atoms with Crippen LogP contribution in [-0.4, -0.2) is 24.2 Å². The Kier molecular flexibility index (Phi) is 4.47. The Bertz CT molecular complexity index is 1610. The summed E-state index contributed by atoms with van der Waals surface area (Å²) in [6, 6.07) is 17.6. The molecule has 0 amide bonds. The van der Waals surface area contributed by atoms with Crippen molar-refractivity contribution in [3.63, 3.8) is 0 Å². The van der Waals surface area contributed by atoms with Crippen LogP contribution in [-0.2, 0) is 0 Å². The number of methoxy groups -OCH3 is 2. The van der Waals surface area contributed by atoms with Gasteiger partial charge in [-0.15, -0.1) is 11.3 Å². The third-order valence-electron chi connectivity index (χ3n) is 5.71. The molecule has 1 aromatic heterocycles. The van der Waals surface area contributed by atoms with Crippen LogP contribution < -0.4 is 9.47 Å². The highest BCUT2D eigenvalue weighted by atomic mass is 35.5. The number of fused-ring (bicyclic) bond motifs is 7. The van der Waals surface area contributed by atoms with Crippen molar-refractivity contribution in [1.82, 2.24) is 9.97 Å². The first-order chi connectivity index (χ1) is 15.6. The van der Waals surface area contributed by atoms with Gasteiger partial charge in [-0.05, 0) is 54.1 Å². The molecule has 1 N–H and O–H groups in total. The van der Waals surface area contributed by atoms with Crippen LogP contribution in [0.3, 0.4) is 0 Å². The highest BCUT2D eigenvalue weighted by molar-refractivity contribution is 7.19. The minimum atomic E-state index is 0.686. The number of hydrogen-bond donors (Lipinski definition) is 1. The summed E-state index contributed by atoms with van der Waals surface area (Å²) < 4.78 is 11.1. The summed E-state index contributed by atoms with van der Waals surface area (Å²) in [5.41, 5.74) is 4.99. The van der Waals surface area contributed by atoms with Gasteiger partial charge < -0.3 is 14.5 Å². The molecule has 32 heavy (non-hydrogen) atoms. The Hall–Kier alpha value is -2.99. The van der Waals surface area contributed by atoms with E-state index < -0.39 is 0 Å². The third kappa shape index (κ3) is 2.93. The number of halogens is 2. The molecular weight excluding hydrogens is 463 g/mol. The van der Waals surface area contributed by atoms with E-state index in [1.54, 1.807) is 25.6 Å². The molecule has 0 fully saturated rings. The maximum Gasteiger partial charge on any atom is 0.127 e. The first kappa shape index (κ1) is 19.7. The van der Waals surface area contributed by atoms with Crippen LogP contribution in [0.2, 0.25) is 10.0 Å². The van der Waals surface area contributed by atoms with Gasteiger partial charge in [-0.25, -0.2) is 4.98 Å². The van der Waals surface area contributed by atoms with Gasteiger partial charge >= 0.3 is 0 Å². The minimum absolute atomic E-state index is 0.686. The Labute approximate surface area is 197 Å². The summed E-state index contributed by atoms with van der Waals surface area (Å²) in [7, 11) is 3.31. The van der Waals surface area contributed by atoms with E-state index in [4.69, 9.17) is 37.7 Å². The zero-order valence-electron chi connectivity index (χ0n) is 17.1. The number of aromatic amines is 1. The molecule has 6 rings (SSSR count). The van der Waals surface area contributed by atoms with E-state index in [2.05, 4.69) is 4.98 Å². The number of nitrogens with zero attached hydrogens (tertiary/aromatic N) is 1. The highest BCUT2D eigenvalue weighted by Crippen LogP contribution is 2.49. The van der Waals surface area contributed by atoms with Crippen molar-refractivity contribution in [2.24, 2.45) is 0 Å². The Morgan fingerprint density at radius 1 is 0.844 bits per heavy atom. The van der Waals surface area contributed by atoms with Crippen LogP contribution in [0.1, 0.15) is 0 Å². The zero-order chi connectivity index (χ0) is 22.0. The topological polar surface area (TPSA) is 47.1 Å². The first-order valence-electron chi connectivity index (χ1n) is 9.92. The number of rotatable bonds is 3. The fourth-order valence-electron chi connectivity index (χ4n) is 4.28. The van der Waals surface area contributed by atoms with Crippen LogP contribution in [0.4, 0.5) is 0 Å². The van der Waals surface area contributed by atoms with Gasteiger partial charge in [-0.1, -0.05) is 23.2 Å². The molecule has 3 aromatic carbocycles. The average Bonchev–Trinajstić information content (AvgIpc) is 3.35. The Morgan fingerprint density at radius 3 is 2.25 bits per heavy atom. The molecule has 0 atom stereocenters. The van der Waals surface area contributed by atoms with Crippen LogP contribution in [0.25, 0.3) is 53.7 Å². The van der Waals surface area contributed by atoms with Gasteiger partial charge in [0.1, 0.15) is 16.5 Å². The SMILES string of the molecule is COc1cc(OC)cc(-c2sc3nc4ccc(Cl)cc4c-3c3[nH]c4ccc(Cl)cc4c23)c1. The quantitative estimate of drug-likeness (QED) is 0.280. The van der Waals surface area contributed by atoms with Crippen molar-refractivity contribution in [3.8, 4) is 32.5 Å². The smallest absolute Gasteiger partial charge is 0.127 e. The molecule has 0 saturated heterocycles. The van der Waals surface area contributed by atoms with E-state index in [-0.39, 0.29) is 0 Å².